The van der Waals surface area contributed by atoms with Crippen LogP contribution in [0.4, 0.5) is 0 Å². The molecule has 0 bridgehead atoms. The van der Waals surface area contributed by atoms with E-state index in [1.54, 1.807) is 18.2 Å². The summed E-state index contributed by atoms with van der Waals surface area (Å²) in [6, 6.07) is 9.20. The van der Waals surface area contributed by atoms with Crippen LogP contribution < -0.4 is 10.6 Å². The molecule has 0 aromatic heterocycles. The molecule has 2 aromatic carbocycles. The Labute approximate surface area is 181 Å². The molecule has 0 aliphatic heterocycles. The molecule has 0 saturated heterocycles. The number of hydrogen-bond acceptors (Lipinski definition) is 4. The van der Waals surface area contributed by atoms with Gasteiger partial charge in [-0.2, -0.15) is 0 Å². The number of carbonyl (C=O) groups is 3. The molecule has 148 valence electrons. The molecule has 6 nitrogen and oxygen atoms in total. The lowest BCUT2D eigenvalue weighted by Crippen LogP contribution is -2.39. The van der Waals surface area contributed by atoms with Gasteiger partial charge in [0.25, 0.3) is 5.91 Å². The summed E-state index contributed by atoms with van der Waals surface area (Å²) >= 11 is 23.4. The van der Waals surface area contributed by atoms with Crippen molar-refractivity contribution >= 4 is 64.2 Å². The Hall–Kier alpha value is -1.99. The minimum Gasteiger partial charge on any atom is -0.460 e. The second-order valence-corrected chi connectivity index (χ2v) is 7.15. The zero-order valence-corrected chi connectivity index (χ0v) is 17.3. The third kappa shape index (κ3) is 6.87. The van der Waals surface area contributed by atoms with E-state index in [9.17, 15) is 14.4 Å². The van der Waals surface area contributed by atoms with Crippen molar-refractivity contribution in [2.75, 3.05) is 13.1 Å². The van der Waals surface area contributed by atoms with Crippen LogP contribution in [0.3, 0.4) is 0 Å². The standard InChI is InChI=1S/C18H14Cl4N2O4/c19-11-2-3-12(14(21)6-11)18(27)24-7-16(25)23-8-17(26)28-9-10-1-4-13(20)15(22)5-10/h1-6H,7-9H2,(H,23,25)(H,24,27). The molecule has 2 amide bonds. The van der Waals surface area contributed by atoms with Crippen LogP contribution in [0.2, 0.25) is 20.1 Å². The number of nitrogens with one attached hydrogen (secondary N) is 2. The lowest BCUT2D eigenvalue weighted by atomic mass is 10.2. The largest absolute Gasteiger partial charge is 0.460 e. The van der Waals surface area contributed by atoms with Crippen LogP contribution >= 0.6 is 46.4 Å². The molecule has 10 heteroatoms. The molecule has 0 spiro atoms. The highest BCUT2D eigenvalue weighted by Gasteiger charge is 2.13. The fourth-order valence-corrected chi connectivity index (χ4v) is 2.82. The van der Waals surface area contributed by atoms with E-state index in [1.807, 2.05) is 0 Å². The summed E-state index contributed by atoms with van der Waals surface area (Å²) in [5.41, 5.74) is 0.834. The number of ether oxygens (including phenoxy) is 1. The molecule has 0 saturated carbocycles. The molecule has 0 unspecified atom stereocenters. The van der Waals surface area contributed by atoms with Crippen molar-refractivity contribution in [3.8, 4) is 0 Å². The van der Waals surface area contributed by atoms with Gasteiger partial charge < -0.3 is 15.4 Å². The second kappa shape index (κ2) is 10.5. The molecule has 2 N–H and O–H groups in total. The maximum atomic E-state index is 12.0. The van der Waals surface area contributed by atoms with Crippen molar-refractivity contribution in [3.63, 3.8) is 0 Å². The number of benzene rings is 2. The number of hydrogen-bond donors (Lipinski definition) is 2. The summed E-state index contributed by atoms with van der Waals surface area (Å²) in [6.07, 6.45) is 0. The first kappa shape index (κ1) is 22.3. The fraction of sp³-hybridized carbons (Fsp3) is 0.167. The minimum atomic E-state index is -0.647. The van der Waals surface area contributed by atoms with Gasteiger partial charge in [0, 0.05) is 5.02 Å². The molecule has 0 radical (unpaired) electrons. The maximum absolute atomic E-state index is 12.0. The number of halogens is 4. The monoisotopic (exact) mass is 462 g/mol. The molecule has 0 fully saturated rings. The van der Waals surface area contributed by atoms with Crippen LogP contribution in [0, 0.1) is 0 Å². The smallest absolute Gasteiger partial charge is 0.325 e. The maximum Gasteiger partial charge on any atom is 0.325 e. The van der Waals surface area contributed by atoms with Gasteiger partial charge in [-0.05, 0) is 35.9 Å². The predicted octanol–water partition coefficient (Wildman–Crippen LogP) is 3.89. The normalized spacial score (nSPS) is 10.3. The quantitative estimate of drug-likeness (QED) is 0.610. The summed E-state index contributed by atoms with van der Waals surface area (Å²) in [5, 5.41) is 6.03. The minimum absolute atomic E-state index is 0.0165. The SMILES string of the molecule is O=C(CNC(=O)c1ccc(Cl)cc1Cl)NCC(=O)OCc1ccc(Cl)c(Cl)c1. The summed E-state index contributed by atoms with van der Waals surface area (Å²) < 4.78 is 5.02. The van der Waals surface area contributed by atoms with Gasteiger partial charge in [0.1, 0.15) is 13.2 Å². The first-order valence-electron chi connectivity index (χ1n) is 7.85. The molecular weight excluding hydrogens is 450 g/mol. The second-order valence-electron chi connectivity index (χ2n) is 5.49. The average molecular weight is 464 g/mol. The topological polar surface area (TPSA) is 84.5 Å². The zero-order valence-electron chi connectivity index (χ0n) is 14.2. The number of esters is 1. The van der Waals surface area contributed by atoms with Gasteiger partial charge in [0.05, 0.1) is 27.2 Å². The van der Waals surface area contributed by atoms with Gasteiger partial charge in [-0.1, -0.05) is 52.5 Å². The Bertz CT molecular complexity index is 905. The van der Waals surface area contributed by atoms with E-state index in [4.69, 9.17) is 51.1 Å². The van der Waals surface area contributed by atoms with Gasteiger partial charge in [0.2, 0.25) is 5.91 Å². The van der Waals surface area contributed by atoms with Crippen LogP contribution in [-0.2, 0) is 20.9 Å². The predicted molar refractivity (Wildman–Crippen MR) is 108 cm³/mol. The van der Waals surface area contributed by atoms with E-state index in [0.717, 1.165) is 0 Å². The molecule has 2 aromatic rings. The number of rotatable bonds is 7. The van der Waals surface area contributed by atoms with Gasteiger partial charge >= 0.3 is 5.97 Å². The van der Waals surface area contributed by atoms with E-state index in [-0.39, 0.29) is 30.3 Å². The highest BCUT2D eigenvalue weighted by molar-refractivity contribution is 6.42. The fourth-order valence-electron chi connectivity index (χ4n) is 2.01. The van der Waals surface area contributed by atoms with E-state index in [2.05, 4.69) is 10.6 Å². The Morgan fingerprint density at radius 3 is 2.25 bits per heavy atom. The molecule has 0 heterocycles. The van der Waals surface area contributed by atoms with Gasteiger partial charge in [0.15, 0.2) is 0 Å². The molecule has 0 aliphatic carbocycles. The summed E-state index contributed by atoms with van der Waals surface area (Å²) in [7, 11) is 0. The first-order chi connectivity index (χ1) is 13.3. The van der Waals surface area contributed by atoms with E-state index in [0.29, 0.717) is 20.6 Å². The highest BCUT2D eigenvalue weighted by Crippen LogP contribution is 2.23. The third-order valence-corrected chi connectivity index (χ3v) is 4.69. The van der Waals surface area contributed by atoms with Crippen molar-refractivity contribution in [1.82, 2.24) is 10.6 Å². The summed E-state index contributed by atoms with van der Waals surface area (Å²) in [5.74, 6) is -1.75. The molecule has 2 rings (SSSR count). The Balaban J connectivity index is 1.72. The zero-order chi connectivity index (χ0) is 20.7. The van der Waals surface area contributed by atoms with Gasteiger partial charge in [-0.3, -0.25) is 14.4 Å². The number of amides is 2. The van der Waals surface area contributed by atoms with Crippen LogP contribution in [0.15, 0.2) is 36.4 Å². The lowest BCUT2D eigenvalue weighted by molar-refractivity contribution is -0.145. The van der Waals surface area contributed by atoms with Crippen LogP contribution in [-0.4, -0.2) is 30.9 Å². The van der Waals surface area contributed by atoms with E-state index >= 15 is 0 Å². The van der Waals surface area contributed by atoms with E-state index in [1.165, 1.54) is 18.2 Å². The van der Waals surface area contributed by atoms with Crippen molar-refractivity contribution in [1.29, 1.82) is 0 Å². The Morgan fingerprint density at radius 1 is 0.821 bits per heavy atom. The highest BCUT2D eigenvalue weighted by atomic mass is 35.5. The van der Waals surface area contributed by atoms with Gasteiger partial charge in [-0.15, -0.1) is 0 Å². The van der Waals surface area contributed by atoms with Crippen molar-refractivity contribution in [2.24, 2.45) is 0 Å². The van der Waals surface area contributed by atoms with Crippen LogP contribution in [0.1, 0.15) is 15.9 Å². The Morgan fingerprint density at radius 2 is 1.57 bits per heavy atom. The molecule has 0 atom stereocenters. The van der Waals surface area contributed by atoms with Crippen LogP contribution in [0.5, 0.6) is 0 Å². The molecular formula is C18H14Cl4N2O4. The summed E-state index contributed by atoms with van der Waals surface area (Å²) in [6.45, 7) is -0.701. The van der Waals surface area contributed by atoms with E-state index < -0.39 is 17.8 Å². The molecule has 28 heavy (non-hydrogen) atoms. The first-order valence-corrected chi connectivity index (χ1v) is 9.37. The Kier molecular flexibility index (Phi) is 8.38. The van der Waals surface area contributed by atoms with Gasteiger partial charge in [-0.25, -0.2) is 0 Å². The van der Waals surface area contributed by atoms with Crippen LogP contribution in [0.25, 0.3) is 0 Å². The van der Waals surface area contributed by atoms with Crippen molar-refractivity contribution in [3.05, 3.63) is 67.6 Å². The van der Waals surface area contributed by atoms with Crippen molar-refractivity contribution < 1.29 is 19.1 Å². The average Bonchev–Trinajstić information content (AvgIpc) is 2.65. The number of carbonyl (C=O) groups excluding carboxylic acids is 3. The van der Waals surface area contributed by atoms with Crippen molar-refractivity contribution in [2.45, 2.75) is 6.61 Å². The lowest BCUT2D eigenvalue weighted by Gasteiger charge is -2.09. The third-order valence-electron chi connectivity index (χ3n) is 3.40. The molecule has 0 aliphatic rings. The summed E-state index contributed by atoms with van der Waals surface area (Å²) in [4.78, 5) is 35.5.